The molecule has 4 rings (SSSR count). The molecule has 0 saturated heterocycles. The van der Waals surface area contributed by atoms with Gasteiger partial charge >= 0.3 is 16.4 Å². The summed E-state index contributed by atoms with van der Waals surface area (Å²) < 4.78 is 38.0. The SMILES string of the molecule is COC(=O)N[C@@H](Cc1ccccc1)C(=O)NC(Cc1ccc(NS(=O)(=O)O)cc1)c1csc(-c2sccc2Cl)n1. The minimum absolute atomic E-state index is 0.181. The van der Waals surface area contributed by atoms with Crippen LogP contribution in [-0.4, -0.2) is 43.1 Å². The number of methoxy groups -OCH3 is 1. The molecule has 4 aromatic rings. The molecule has 1 unspecified atom stereocenters. The van der Waals surface area contributed by atoms with Crippen LogP contribution in [0, 0.1) is 0 Å². The number of thiazole rings is 1. The van der Waals surface area contributed by atoms with Crippen LogP contribution in [-0.2, 0) is 32.7 Å². The number of aromatic nitrogens is 1. The molecule has 2 aromatic heterocycles. The molecular weight excluding hydrogens is 596 g/mol. The van der Waals surface area contributed by atoms with E-state index >= 15 is 0 Å². The fourth-order valence-corrected chi connectivity index (χ4v) is 6.48. The molecule has 2 amide bonds. The maximum absolute atomic E-state index is 13.5. The molecule has 4 N–H and O–H groups in total. The van der Waals surface area contributed by atoms with E-state index in [0.717, 1.165) is 16.0 Å². The van der Waals surface area contributed by atoms with Gasteiger partial charge in [-0.3, -0.25) is 14.1 Å². The molecule has 210 valence electrons. The lowest BCUT2D eigenvalue weighted by Gasteiger charge is -2.23. The smallest absolute Gasteiger partial charge is 0.407 e. The number of benzene rings is 2. The zero-order valence-corrected chi connectivity index (χ0v) is 24.2. The molecule has 40 heavy (non-hydrogen) atoms. The molecule has 14 heteroatoms. The maximum Gasteiger partial charge on any atom is 0.407 e. The van der Waals surface area contributed by atoms with Gasteiger partial charge in [-0.25, -0.2) is 9.78 Å². The number of rotatable bonds is 11. The lowest BCUT2D eigenvalue weighted by Crippen LogP contribution is -2.49. The first-order valence-electron chi connectivity index (χ1n) is 11.8. The van der Waals surface area contributed by atoms with Crippen LogP contribution >= 0.6 is 34.3 Å². The van der Waals surface area contributed by atoms with Gasteiger partial charge < -0.3 is 15.4 Å². The Hall–Kier alpha value is -3.49. The summed E-state index contributed by atoms with van der Waals surface area (Å²) in [6, 6.07) is 15.9. The van der Waals surface area contributed by atoms with Crippen molar-refractivity contribution < 1.29 is 27.3 Å². The Bertz CT molecular complexity index is 1560. The molecule has 2 aromatic carbocycles. The van der Waals surface area contributed by atoms with Crippen molar-refractivity contribution in [2.75, 3.05) is 11.8 Å². The second kappa shape index (κ2) is 13.2. The van der Waals surface area contributed by atoms with Crippen molar-refractivity contribution in [3.05, 3.63) is 93.3 Å². The normalized spacial score (nSPS) is 12.8. The van der Waals surface area contributed by atoms with Gasteiger partial charge in [-0.2, -0.15) is 8.42 Å². The Balaban J connectivity index is 1.61. The van der Waals surface area contributed by atoms with Gasteiger partial charge in [-0.05, 0) is 41.1 Å². The van der Waals surface area contributed by atoms with Gasteiger partial charge in [0.05, 0.1) is 34.4 Å². The van der Waals surface area contributed by atoms with Crippen molar-refractivity contribution in [3.8, 4) is 9.88 Å². The van der Waals surface area contributed by atoms with Crippen molar-refractivity contribution in [1.82, 2.24) is 15.6 Å². The number of halogens is 1. The van der Waals surface area contributed by atoms with Crippen molar-refractivity contribution in [2.45, 2.75) is 24.9 Å². The van der Waals surface area contributed by atoms with E-state index in [1.165, 1.54) is 41.9 Å². The average Bonchev–Trinajstić information content (AvgIpc) is 3.57. The summed E-state index contributed by atoms with van der Waals surface area (Å²) in [5.74, 6) is -0.437. The lowest BCUT2D eigenvalue weighted by molar-refractivity contribution is -0.123. The van der Waals surface area contributed by atoms with Crippen molar-refractivity contribution in [3.63, 3.8) is 0 Å². The van der Waals surface area contributed by atoms with Crippen LogP contribution in [0.15, 0.2) is 71.4 Å². The third-order valence-electron chi connectivity index (χ3n) is 5.72. The van der Waals surface area contributed by atoms with Crippen LogP contribution in [0.2, 0.25) is 5.02 Å². The van der Waals surface area contributed by atoms with Crippen LogP contribution in [0.25, 0.3) is 9.88 Å². The summed E-state index contributed by atoms with van der Waals surface area (Å²) in [6.07, 6.45) is -0.203. The van der Waals surface area contributed by atoms with Gasteiger partial charge in [0, 0.05) is 11.8 Å². The van der Waals surface area contributed by atoms with Gasteiger partial charge in [0.1, 0.15) is 11.0 Å². The zero-order valence-electron chi connectivity index (χ0n) is 21.0. The monoisotopic (exact) mass is 620 g/mol. The van der Waals surface area contributed by atoms with Gasteiger partial charge in [-0.15, -0.1) is 22.7 Å². The third-order valence-corrected chi connectivity index (χ3v) is 8.57. The number of carbonyl (C=O) groups excluding carboxylic acids is 2. The summed E-state index contributed by atoms with van der Waals surface area (Å²) in [5.41, 5.74) is 2.38. The summed E-state index contributed by atoms with van der Waals surface area (Å²) >= 11 is 9.16. The zero-order chi connectivity index (χ0) is 28.7. The van der Waals surface area contributed by atoms with Crippen LogP contribution in [0.5, 0.6) is 0 Å². The Kier molecular flexibility index (Phi) is 9.76. The minimum Gasteiger partial charge on any atom is -0.453 e. The predicted molar refractivity (Wildman–Crippen MR) is 156 cm³/mol. The van der Waals surface area contributed by atoms with E-state index in [0.29, 0.717) is 22.1 Å². The number of nitrogens with one attached hydrogen (secondary N) is 3. The van der Waals surface area contributed by atoms with E-state index in [-0.39, 0.29) is 12.1 Å². The van der Waals surface area contributed by atoms with Gasteiger partial charge in [-0.1, -0.05) is 54.1 Å². The lowest BCUT2D eigenvalue weighted by atomic mass is 10.0. The number of amides is 2. The Morgan fingerprint density at radius 3 is 2.33 bits per heavy atom. The first-order valence-corrected chi connectivity index (χ1v) is 15.4. The van der Waals surface area contributed by atoms with E-state index in [4.69, 9.17) is 25.9 Å². The van der Waals surface area contributed by atoms with E-state index in [9.17, 15) is 18.0 Å². The van der Waals surface area contributed by atoms with Crippen LogP contribution < -0.4 is 15.4 Å². The van der Waals surface area contributed by atoms with Gasteiger partial charge in [0.2, 0.25) is 5.91 Å². The molecule has 0 spiro atoms. The molecule has 10 nitrogen and oxygen atoms in total. The third kappa shape index (κ3) is 8.26. The second-order valence-corrected chi connectivity index (χ2v) is 11.9. The highest BCUT2D eigenvalue weighted by Gasteiger charge is 2.27. The highest BCUT2D eigenvalue weighted by atomic mass is 35.5. The highest BCUT2D eigenvalue weighted by molar-refractivity contribution is 7.87. The van der Waals surface area contributed by atoms with E-state index in [1.807, 2.05) is 45.8 Å². The number of nitrogens with zero attached hydrogens (tertiary/aromatic N) is 1. The standard InChI is InChI=1S/C26H25ClN4O6S3/c1-37-26(33)30-21(14-16-5-3-2-4-6-16)24(32)28-20(13-17-7-9-18(10-8-17)31-40(34,35)36)22-15-39-25(29-22)23-19(27)11-12-38-23/h2-12,15,20-21,31H,13-14H2,1H3,(H,28,32)(H,30,33)(H,34,35,36)/t20?,21-/m0/s1. The van der Waals surface area contributed by atoms with E-state index < -0.39 is 34.4 Å². The number of hydrogen-bond donors (Lipinski definition) is 4. The largest absolute Gasteiger partial charge is 0.453 e. The topological polar surface area (TPSA) is 147 Å². The summed E-state index contributed by atoms with van der Waals surface area (Å²) in [4.78, 5) is 31.2. The summed E-state index contributed by atoms with van der Waals surface area (Å²) in [6.45, 7) is 0. The highest BCUT2D eigenvalue weighted by Crippen LogP contribution is 2.36. The molecule has 0 aliphatic rings. The van der Waals surface area contributed by atoms with Crippen molar-refractivity contribution in [1.29, 1.82) is 0 Å². The fourth-order valence-electron chi connectivity index (χ4n) is 3.85. The summed E-state index contributed by atoms with van der Waals surface area (Å²) in [7, 11) is -3.19. The first kappa shape index (κ1) is 29.5. The number of ether oxygens (including phenoxy) is 1. The molecule has 0 aliphatic carbocycles. The first-order chi connectivity index (χ1) is 19.1. The average molecular weight is 621 g/mol. The summed E-state index contributed by atoms with van der Waals surface area (Å²) in [5, 5.41) is 10.6. The number of carbonyl (C=O) groups is 2. The van der Waals surface area contributed by atoms with Crippen molar-refractivity contribution in [2.24, 2.45) is 0 Å². The molecule has 0 radical (unpaired) electrons. The predicted octanol–water partition coefficient (Wildman–Crippen LogP) is 5.11. The Morgan fingerprint density at radius 1 is 1.00 bits per heavy atom. The second-order valence-electron chi connectivity index (χ2n) is 8.59. The maximum atomic E-state index is 13.5. The van der Waals surface area contributed by atoms with Gasteiger partial charge in [0.15, 0.2) is 0 Å². The van der Waals surface area contributed by atoms with Gasteiger partial charge in [0.25, 0.3) is 0 Å². The molecule has 2 heterocycles. The quantitative estimate of drug-likeness (QED) is 0.170. The van der Waals surface area contributed by atoms with Crippen LogP contribution in [0.3, 0.4) is 0 Å². The van der Waals surface area contributed by atoms with E-state index in [1.54, 1.807) is 18.2 Å². The molecule has 0 aliphatic heterocycles. The molecule has 0 fully saturated rings. The Morgan fingerprint density at radius 2 is 1.70 bits per heavy atom. The van der Waals surface area contributed by atoms with Crippen LogP contribution in [0.4, 0.5) is 10.5 Å². The molecule has 2 atom stereocenters. The number of thiophene rings is 1. The molecule has 0 bridgehead atoms. The minimum atomic E-state index is -4.41. The van der Waals surface area contributed by atoms with Crippen molar-refractivity contribution >= 4 is 62.3 Å². The molecular formula is C26H25ClN4O6S3. The number of anilines is 1. The number of alkyl carbamates (subject to hydrolysis) is 1. The number of hydrogen-bond acceptors (Lipinski definition) is 8. The fraction of sp³-hybridized carbons (Fsp3) is 0.192. The van der Waals surface area contributed by atoms with Crippen LogP contribution in [0.1, 0.15) is 22.9 Å². The molecule has 0 saturated carbocycles. The van der Waals surface area contributed by atoms with E-state index in [2.05, 4.69) is 10.6 Å². The Labute approximate surface area is 244 Å².